The number of nitrogens with zero attached hydrogens (tertiary/aromatic N) is 4. The largest absolute Gasteiger partial charge is 0.450 e. The zero-order valence-electron chi connectivity index (χ0n) is 20.2. The molecule has 0 saturated heterocycles. The Balaban J connectivity index is 2.46. The highest BCUT2D eigenvalue weighted by Gasteiger charge is 2.12. The molecule has 0 aliphatic carbocycles. The fourth-order valence-electron chi connectivity index (χ4n) is 2.92. The number of primary amides is 2. The van der Waals surface area contributed by atoms with Crippen LogP contribution in [-0.4, -0.2) is 50.3 Å². The summed E-state index contributed by atoms with van der Waals surface area (Å²) in [6.45, 7) is 1.26. The van der Waals surface area contributed by atoms with Crippen LogP contribution in [0.25, 0.3) is 0 Å². The summed E-state index contributed by atoms with van der Waals surface area (Å²) in [7, 11) is 0. The Labute approximate surface area is 209 Å². The lowest BCUT2D eigenvalue weighted by atomic mass is 10.1. The molecule has 0 heterocycles. The molecule has 4 N–H and O–H groups in total. The van der Waals surface area contributed by atoms with Gasteiger partial charge in [-0.3, -0.25) is 9.59 Å². The summed E-state index contributed by atoms with van der Waals surface area (Å²) in [5.74, 6) is 1.17. The van der Waals surface area contributed by atoms with E-state index in [0.717, 1.165) is 25.7 Å². The first kappa shape index (κ1) is 29.9. The zero-order valence-corrected chi connectivity index (χ0v) is 20.2. The molecule has 4 amide bonds. The molecule has 0 unspecified atom stereocenters. The number of terminal acetylenes is 1. The Morgan fingerprint density at radius 3 is 1.50 bits per heavy atom. The number of azo groups is 2. The summed E-state index contributed by atoms with van der Waals surface area (Å²) >= 11 is 0. The van der Waals surface area contributed by atoms with Gasteiger partial charge in [0.1, 0.15) is 0 Å². The number of nitrogens with two attached hydrogens (primary N) is 2. The lowest BCUT2D eigenvalue weighted by Crippen LogP contribution is -2.13. The Kier molecular flexibility index (Phi) is 15.1. The minimum absolute atomic E-state index is 0.134. The Morgan fingerprint density at radius 1 is 0.694 bits per heavy atom. The molecule has 0 aliphatic rings. The number of unbranched alkanes of at least 4 members (excludes halogenated alkanes) is 6. The average Bonchev–Trinajstić information content (AvgIpc) is 2.85. The quantitative estimate of drug-likeness (QED) is 0.194. The van der Waals surface area contributed by atoms with E-state index in [1.165, 1.54) is 18.2 Å². The van der Waals surface area contributed by atoms with Gasteiger partial charge in [-0.05, 0) is 56.7 Å². The van der Waals surface area contributed by atoms with E-state index in [1.807, 2.05) is 0 Å². The van der Waals surface area contributed by atoms with E-state index in [1.54, 1.807) is 0 Å². The molecular weight excluding hydrogens is 468 g/mol. The van der Waals surface area contributed by atoms with E-state index in [2.05, 4.69) is 35.9 Å². The minimum Gasteiger partial charge on any atom is -0.450 e. The fraction of sp³-hybridized carbons (Fsp3) is 0.500. The first-order valence-electron chi connectivity index (χ1n) is 11.6. The van der Waals surface area contributed by atoms with Crippen molar-refractivity contribution >= 4 is 24.0 Å². The van der Waals surface area contributed by atoms with Gasteiger partial charge in [0.2, 0.25) is 0 Å². The molecule has 194 valence electrons. The lowest BCUT2D eigenvalue weighted by molar-refractivity contribution is 0.0992. The zero-order chi connectivity index (χ0) is 26.6. The van der Waals surface area contributed by atoms with Crippen molar-refractivity contribution in [3.05, 3.63) is 34.9 Å². The monoisotopic (exact) mass is 500 g/mol. The minimum atomic E-state index is -0.790. The van der Waals surface area contributed by atoms with E-state index in [4.69, 9.17) is 17.9 Å². The smallest absolute Gasteiger partial charge is 0.404 e. The second kappa shape index (κ2) is 18.2. The van der Waals surface area contributed by atoms with Crippen molar-refractivity contribution in [2.24, 2.45) is 31.9 Å². The van der Waals surface area contributed by atoms with Gasteiger partial charge in [0.05, 0.1) is 26.3 Å². The molecule has 0 radical (unpaired) electrons. The van der Waals surface area contributed by atoms with Crippen molar-refractivity contribution in [2.75, 3.05) is 26.3 Å². The van der Waals surface area contributed by atoms with Gasteiger partial charge in [-0.2, -0.15) is 10.2 Å². The highest BCUT2D eigenvalue weighted by atomic mass is 16.5. The molecule has 12 heteroatoms. The molecule has 12 nitrogen and oxygen atoms in total. The van der Waals surface area contributed by atoms with E-state index >= 15 is 0 Å². The van der Waals surface area contributed by atoms with Crippen LogP contribution in [-0.2, 0) is 9.47 Å². The summed E-state index contributed by atoms with van der Waals surface area (Å²) in [6.07, 6.45) is 9.99. The van der Waals surface area contributed by atoms with E-state index in [-0.39, 0.29) is 24.3 Å². The van der Waals surface area contributed by atoms with Gasteiger partial charge in [-0.25, -0.2) is 9.59 Å². The summed E-state index contributed by atoms with van der Waals surface area (Å²) in [6, 6.07) is 4.27. The van der Waals surface area contributed by atoms with Crippen LogP contribution in [0.2, 0.25) is 0 Å². The first-order chi connectivity index (χ1) is 17.3. The molecule has 1 rings (SSSR count). The average molecular weight is 501 g/mol. The van der Waals surface area contributed by atoms with Crippen LogP contribution >= 0.6 is 0 Å². The van der Waals surface area contributed by atoms with Crippen molar-refractivity contribution in [1.82, 2.24) is 0 Å². The molecule has 0 spiro atoms. The molecule has 0 bridgehead atoms. The highest BCUT2D eigenvalue weighted by Crippen LogP contribution is 2.13. The molecular formula is C24H32N6O6. The highest BCUT2D eigenvalue weighted by molar-refractivity contribution is 6.00. The number of hydrogen-bond donors (Lipinski definition) is 2. The molecule has 0 aliphatic heterocycles. The van der Waals surface area contributed by atoms with Crippen molar-refractivity contribution in [3.63, 3.8) is 0 Å². The van der Waals surface area contributed by atoms with Gasteiger partial charge in [-0.15, -0.1) is 16.7 Å². The van der Waals surface area contributed by atoms with Crippen LogP contribution in [0.5, 0.6) is 0 Å². The van der Waals surface area contributed by atoms with Crippen LogP contribution in [0.1, 0.15) is 77.6 Å². The maximum Gasteiger partial charge on any atom is 0.404 e. The summed E-state index contributed by atoms with van der Waals surface area (Å²) in [5, 5.41) is 15.2. The number of amides is 4. The Bertz CT molecular complexity index is 918. The van der Waals surface area contributed by atoms with Crippen molar-refractivity contribution in [3.8, 4) is 12.3 Å². The standard InChI is InChI=1S/C24H32N6O6/c1-2-18-15-19(21(31)29-27-11-7-3-5-9-13-35-23(25)33)17-20(16-18)22(32)30-28-12-8-4-6-10-14-36-24(26)34/h1,15-17H,3-14H2,(H2,25,33)(H2,26,34). The molecule has 0 fully saturated rings. The number of carbonyl (C=O) groups excluding carboxylic acids is 4. The topological polar surface area (TPSA) is 188 Å². The Morgan fingerprint density at radius 2 is 1.11 bits per heavy atom. The maximum absolute atomic E-state index is 12.4. The third kappa shape index (κ3) is 14.2. The first-order valence-corrected chi connectivity index (χ1v) is 11.6. The number of benzene rings is 1. The number of hydrogen-bond acceptors (Lipinski definition) is 8. The summed E-state index contributed by atoms with van der Waals surface area (Å²) < 4.78 is 9.27. The second-order valence-electron chi connectivity index (χ2n) is 7.65. The van der Waals surface area contributed by atoms with Crippen LogP contribution < -0.4 is 11.5 Å². The molecule has 1 aromatic carbocycles. The number of ether oxygens (including phenoxy) is 2. The van der Waals surface area contributed by atoms with Gasteiger partial charge in [-0.1, -0.05) is 18.8 Å². The third-order valence-corrected chi connectivity index (χ3v) is 4.71. The number of carbonyl (C=O) groups is 4. The molecule has 1 aromatic rings. The Hall–Kier alpha value is -4.14. The fourth-order valence-corrected chi connectivity index (χ4v) is 2.92. The summed E-state index contributed by atoms with van der Waals surface area (Å²) in [4.78, 5) is 45.7. The molecule has 0 atom stereocenters. The molecule has 36 heavy (non-hydrogen) atoms. The van der Waals surface area contributed by atoms with Gasteiger partial charge in [0, 0.05) is 16.7 Å². The molecule has 0 aromatic heterocycles. The van der Waals surface area contributed by atoms with E-state index in [0.29, 0.717) is 44.3 Å². The predicted octanol–water partition coefficient (Wildman–Crippen LogP) is 4.16. The van der Waals surface area contributed by atoms with E-state index in [9.17, 15) is 19.2 Å². The normalized spacial score (nSPS) is 10.9. The van der Waals surface area contributed by atoms with Crippen LogP contribution in [0.3, 0.4) is 0 Å². The SMILES string of the molecule is C#Cc1cc(C(=O)N=NCCCCCCOC(N)=O)cc(C(=O)N=NCCCCCCOC(N)=O)c1. The maximum atomic E-state index is 12.4. The third-order valence-electron chi connectivity index (χ3n) is 4.71. The van der Waals surface area contributed by atoms with E-state index < -0.39 is 24.0 Å². The van der Waals surface area contributed by atoms with Crippen molar-refractivity contribution in [2.45, 2.75) is 51.4 Å². The van der Waals surface area contributed by atoms with Crippen molar-refractivity contribution < 1.29 is 28.7 Å². The van der Waals surface area contributed by atoms with Gasteiger partial charge >= 0.3 is 12.2 Å². The van der Waals surface area contributed by atoms with Crippen LogP contribution in [0.4, 0.5) is 9.59 Å². The summed E-state index contributed by atoms with van der Waals surface area (Å²) in [5.41, 5.74) is 10.4. The van der Waals surface area contributed by atoms with Gasteiger partial charge in [0.15, 0.2) is 0 Å². The van der Waals surface area contributed by atoms with Crippen molar-refractivity contribution in [1.29, 1.82) is 0 Å². The second-order valence-corrected chi connectivity index (χ2v) is 7.65. The van der Waals surface area contributed by atoms with Crippen LogP contribution in [0, 0.1) is 12.3 Å². The molecule has 0 saturated carbocycles. The predicted molar refractivity (Wildman–Crippen MR) is 130 cm³/mol. The lowest BCUT2D eigenvalue weighted by Gasteiger charge is -2.02. The van der Waals surface area contributed by atoms with Gasteiger partial charge in [0.25, 0.3) is 11.8 Å². The van der Waals surface area contributed by atoms with Gasteiger partial charge < -0.3 is 20.9 Å². The van der Waals surface area contributed by atoms with Crippen LogP contribution in [0.15, 0.2) is 38.7 Å². The number of rotatable bonds is 16.